The molecule has 2 rings (SSSR count). The minimum atomic E-state index is 0.110. The van der Waals surface area contributed by atoms with Gasteiger partial charge in [0, 0.05) is 25.3 Å². The summed E-state index contributed by atoms with van der Waals surface area (Å²) >= 11 is 0. The van der Waals surface area contributed by atoms with Gasteiger partial charge in [0.15, 0.2) is 0 Å². The number of ether oxygens (including phenoxy) is 2. The minimum absolute atomic E-state index is 0.110. The molecule has 0 unspecified atom stereocenters. The van der Waals surface area contributed by atoms with Crippen molar-refractivity contribution in [2.45, 2.75) is 13.2 Å². The lowest BCUT2D eigenvalue weighted by Crippen LogP contribution is -2.01. The molecule has 0 aromatic heterocycles. The Bertz CT molecular complexity index is 593. The van der Waals surface area contributed by atoms with Crippen molar-refractivity contribution in [2.24, 2.45) is 0 Å². The van der Waals surface area contributed by atoms with Gasteiger partial charge in [-0.3, -0.25) is 0 Å². The monoisotopic (exact) mass is 274 g/mol. The maximum Gasteiger partial charge on any atom is 0.123 e. The van der Waals surface area contributed by atoms with Gasteiger partial charge in [-0.05, 0) is 23.3 Å². The van der Waals surface area contributed by atoms with E-state index in [1.54, 1.807) is 44.6 Å². The van der Waals surface area contributed by atoms with E-state index in [1.165, 1.54) is 0 Å². The molecule has 4 nitrogen and oxygen atoms in total. The summed E-state index contributed by atoms with van der Waals surface area (Å²) in [6.45, 7) is 0.746. The summed E-state index contributed by atoms with van der Waals surface area (Å²) in [5.41, 5.74) is 2.90. The Balaban J connectivity index is 2.66. The van der Waals surface area contributed by atoms with Gasteiger partial charge in [-0.15, -0.1) is 0 Å². The lowest BCUT2D eigenvalue weighted by molar-refractivity contribution is 0.168. The van der Waals surface area contributed by atoms with Crippen LogP contribution in [-0.4, -0.2) is 24.4 Å². The molecule has 106 valence electrons. The van der Waals surface area contributed by atoms with Crippen molar-refractivity contribution < 1.29 is 19.7 Å². The highest BCUT2D eigenvalue weighted by Crippen LogP contribution is 2.39. The van der Waals surface area contributed by atoms with Crippen LogP contribution in [0.5, 0.6) is 11.5 Å². The van der Waals surface area contributed by atoms with E-state index >= 15 is 0 Å². The van der Waals surface area contributed by atoms with Crippen LogP contribution in [0, 0.1) is 0 Å². The molecule has 20 heavy (non-hydrogen) atoms. The molecule has 0 aliphatic carbocycles. The zero-order valence-electron chi connectivity index (χ0n) is 11.6. The molecule has 0 bridgehead atoms. The van der Waals surface area contributed by atoms with Gasteiger partial charge in [-0.25, -0.2) is 0 Å². The molecule has 0 spiro atoms. The Morgan fingerprint density at radius 3 is 2.20 bits per heavy atom. The first kappa shape index (κ1) is 14.4. The van der Waals surface area contributed by atoms with Gasteiger partial charge in [-0.1, -0.05) is 24.3 Å². The average Bonchev–Trinajstić information content (AvgIpc) is 2.44. The summed E-state index contributed by atoms with van der Waals surface area (Å²) in [5.74, 6) is 0.230. The topological polar surface area (TPSA) is 58.9 Å². The van der Waals surface area contributed by atoms with Gasteiger partial charge in [0.25, 0.3) is 0 Å². The second-order valence-corrected chi connectivity index (χ2v) is 4.48. The molecule has 0 heterocycles. The smallest absolute Gasteiger partial charge is 0.123 e. The summed E-state index contributed by atoms with van der Waals surface area (Å²) in [5, 5.41) is 20.2. The third-order valence-electron chi connectivity index (χ3n) is 3.15. The fraction of sp³-hybridized carbons (Fsp3) is 0.250. The SMILES string of the molecule is COCc1ccc(O)c(-c2ccccc2O)c1COC. The number of phenolic OH excluding ortho intramolecular Hbond substituents is 2. The van der Waals surface area contributed by atoms with Crippen LogP contribution in [0.1, 0.15) is 11.1 Å². The van der Waals surface area contributed by atoms with Crippen LogP contribution in [0.4, 0.5) is 0 Å². The highest BCUT2D eigenvalue weighted by molar-refractivity contribution is 5.79. The summed E-state index contributed by atoms with van der Waals surface area (Å²) in [6, 6.07) is 10.3. The number of phenols is 2. The number of hydrogen-bond acceptors (Lipinski definition) is 4. The molecular weight excluding hydrogens is 256 g/mol. The van der Waals surface area contributed by atoms with Gasteiger partial charge in [0.2, 0.25) is 0 Å². The fourth-order valence-corrected chi connectivity index (χ4v) is 2.26. The van der Waals surface area contributed by atoms with Crippen molar-refractivity contribution in [1.29, 1.82) is 0 Å². The standard InChI is InChI=1S/C16H18O4/c1-19-9-11-7-8-15(18)16(13(11)10-20-2)12-5-3-4-6-14(12)17/h3-8,17-18H,9-10H2,1-2H3. The van der Waals surface area contributed by atoms with Crippen LogP contribution < -0.4 is 0 Å². The zero-order chi connectivity index (χ0) is 14.5. The summed E-state index contributed by atoms with van der Waals surface area (Å²) < 4.78 is 10.4. The van der Waals surface area contributed by atoms with Crippen molar-refractivity contribution in [3.05, 3.63) is 47.5 Å². The predicted octanol–water partition coefficient (Wildman–Crippen LogP) is 3.06. The first-order valence-corrected chi connectivity index (χ1v) is 6.29. The Morgan fingerprint density at radius 1 is 0.850 bits per heavy atom. The van der Waals surface area contributed by atoms with Gasteiger partial charge in [0.1, 0.15) is 11.5 Å². The molecule has 0 aliphatic heterocycles. The second kappa shape index (κ2) is 6.41. The Morgan fingerprint density at radius 2 is 1.55 bits per heavy atom. The number of hydrogen-bond donors (Lipinski definition) is 2. The molecule has 0 amide bonds. The lowest BCUT2D eigenvalue weighted by atomic mass is 9.94. The number of rotatable bonds is 5. The number of para-hydroxylation sites is 1. The van der Waals surface area contributed by atoms with Crippen LogP contribution in [-0.2, 0) is 22.7 Å². The van der Waals surface area contributed by atoms with Crippen molar-refractivity contribution in [1.82, 2.24) is 0 Å². The molecule has 0 fully saturated rings. The summed E-state index contributed by atoms with van der Waals surface area (Å²) in [7, 11) is 3.21. The molecule has 0 saturated carbocycles. The van der Waals surface area contributed by atoms with Crippen molar-refractivity contribution in [2.75, 3.05) is 14.2 Å². The van der Waals surface area contributed by atoms with Crippen LogP contribution in [0.3, 0.4) is 0 Å². The van der Waals surface area contributed by atoms with Crippen LogP contribution in [0.2, 0.25) is 0 Å². The van der Waals surface area contributed by atoms with E-state index in [9.17, 15) is 10.2 Å². The molecule has 2 aromatic rings. The maximum absolute atomic E-state index is 10.2. The van der Waals surface area contributed by atoms with Crippen molar-refractivity contribution >= 4 is 0 Å². The summed E-state index contributed by atoms with van der Waals surface area (Å²) in [4.78, 5) is 0. The number of methoxy groups -OCH3 is 2. The summed E-state index contributed by atoms with van der Waals surface area (Å²) in [6.07, 6.45) is 0. The fourth-order valence-electron chi connectivity index (χ4n) is 2.26. The number of benzene rings is 2. The normalized spacial score (nSPS) is 10.7. The van der Waals surface area contributed by atoms with E-state index in [-0.39, 0.29) is 11.5 Å². The maximum atomic E-state index is 10.2. The van der Waals surface area contributed by atoms with Gasteiger partial charge >= 0.3 is 0 Å². The van der Waals surface area contributed by atoms with Gasteiger partial charge in [0.05, 0.1) is 13.2 Å². The molecule has 4 heteroatoms. The Hall–Kier alpha value is -2.04. The molecule has 0 saturated heterocycles. The van der Waals surface area contributed by atoms with Gasteiger partial charge < -0.3 is 19.7 Å². The lowest BCUT2D eigenvalue weighted by Gasteiger charge is -2.16. The minimum Gasteiger partial charge on any atom is -0.507 e. The van der Waals surface area contributed by atoms with Crippen molar-refractivity contribution in [3.63, 3.8) is 0 Å². The second-order valence-electron chi connectivity index (χ2n) is 4.48. The first-order chi connectivity index (χ1) is 9.69. The van der Waals surface area contributed by atoms with Gasteiger partial charge in [-0.2, -0.15) is 0 Å². The quantitative estimate of drug-likeness (QED) is 0.879. The molecule has 0 atom stereocenters. The predicted molar refractivity (Wildman–Crippen MR) is 76.6 cm³/mol. The Kier molecular flexibility index (Phi) is 4.61. The molecule has 0 radical (unpaired) electrons. The molecule has 0 aliphatic rings. The van der Waals surface area contributed by atoms with E-state index < -0.39 is 0 Å². The third-order valence-corrected chi connectivity index (χ3v) is 3.15. The van der Waals surface area contributed by atoms with E-state index in [0.717, 1.165) is 11.1 Å². The van der Waals surface area contributed by atoms with E-state index in [2.05, 4.69) is 0 Å². The molecular formula is C16H18O4. The first-order valence-electron chi connectivity index (χ1n) is 6.29. The largest absolute Gasteiger partial charge is 0.507 e. The highest BCUT2D eigenvalue weighted by Gasteiger charge is 2.17. The molecule has 2 aromatic carbocycles. The Labute approximate surface area is 118 Å². The van der Waals surface area contributed by atoms with E-state index in [0.29, 0.717) is 24.3 Å². The average molecular weight is 274 g/mol. The van der Waals surface area contributed by atoms with E-state index in [1.807, 2.05) is 6.07 Å². The van der Waals surface area contributed by atoms with Crippen LogP contribution in [0.25, 0.3) is 11.1 Å². The van der Waals surface area contributed by atoms with Crippen molar-refractivity contribution in [3.8, 4) is 22.6 Å². The molecule has 2 N–H and O–H groups in total. The van der Waals surface area contributed by atoms with Crippen LogP contribution >= 0.6 is 0 Å². The van der Waals surface area contributed by atoms with Crippen LogP contribution in [0.15, 0.2) is 36.4 Å². The van der Waals surface area contributed by atoms with E-state index in [4.69, 9.17) is 9.47 Å². The highest BCUT2D eigenvalue weighted by atomic mass is 16.5. The third kappa shape index (κ3) is 2.76. The zero-order valence-corrected chi connectivity index (χ0v) is 11.6. The number of aromatic hydroxyl groups is 2.